The maximum Gasteiger partial charge on any atom is 0.246 e. The van der Waals surface area contributed by atoms with Gasteiger partial charge in [-0.3, -0.25) is 4.79 Å². The predicted octanol–water partition coefficient (Wildman–Crippen LogP) is 2.56. The highest BCUT2D eigenvalue weighted by atomic mass is 16.2. The van der Waals surface area contributed by atoms with E-state index in [1.165, 1.54) is 6.08 Å². The summed E-state index contributed by atoms with van der Waals surface area (Å²) in [6.07, 6.45) is 5.59. The third kappa shape index (κ3) is 1.84. The molecule has 0 bridgehead atoms. The second-order valence-corrected chi connectivity index (χ2v) is 5.20. The van der Waals surface area contributed by atoms with Crippen LogP contribution in [0.25, 0.3) is 0 Å². The van der Waals surface area contributed by atoms with Gasteiger partial charge in [0.05, 0.1) is 0 Å². The van der Waals surface area contributed by atoms with Gasteiger partial charge < -0.3 is 4.90 Å². The van der Waals surface area contributed by atoms with Crippen LogP contribution in [0.3, 0.4) is 0 Å². The minimum atomic E-state index is -0.0903. The predicted molar refractivity (Wildman–Crippen MR) is 58.7 cm³/mol. The molecule has 0 saturated carbocycles. The Hall–Kier alpha value is -0.790. The molecule has 0 aliphatic carbocycles. The summed E-state index contributed by atoms with van der Waals surface area (Å²) >= 11 is 0. The zero-order chi connectivity index (χ0) is 11.0. The Labute approximate surface area is 87.0 Å². The summed E-state index contributed by atoms with van der Waals surface area (Å²) in [4.78, 5) is 13.7. The maximum atomic E-state index is 11.8. The first-order valence-electron chi connectivity index (χ1n) is 5.10. The molecule has 1 aliphatic heterocycles. The highest BCUT2D eigenvalue weighted by Crippen LogP contribution is 2.37. The average molecular weight is 194 g/mol. The zero-order valence-electron chi connectivity index (χ0n) is 9.63. The molecular formula is C12H20NO. The first kappa shape index (κ1) is 11.3. The highest BCUT2D eigenvalue weighted by Gasteiger charge is 2.43. The molecule has 1 amide bonds. The molecule has 0 spiro atoms. The van der Waals surface area contributed by atoms with Crippen molar-refractivity contribution in [2.45, 2.75) is 51.6 Å². The third-order valence-electron chi connectivity index (χ3n) is 2.89. The number of hydrogen-bond donors (Lipinski definition) is 0. The lowest BCUT2D eigenvalue weighted by molar-refractivity contribution is -0.141. The minimum absolute atomic E-state index is 0.0353. The molecule has 0 N–H and O–H groups in total. The molecule has 2 heteroatoms. The number of likely N-dealkylation sites (tertiary alicyclic amines) is 1. The molecule has 79 valence electrons. The van der Waals surface area contributed by atoms with Gasteiger partial charge in [-0.05, 0) is 53.0 Å². The van der Waals surface area contributed by atoms with E-state index in [1.807, 2.05) is 4.90 Å². The number of carbonyl (C=O) groups is 1. The molecule has 1 radical (unpaired) electrons. The lowest BCUT2D eigenvalue weighted by Gasteiger charge is -2.52. The second kappa shape index (κ2) is 3.41. The smallest absolute Gasteiger partial charge is 0.246 e. The van der Waals surface area contributed by atoms with Crippen molar-refractivity contribution in [2.24, 2.45) is 0 Å². The SMILES string of the molecule is C=CC(=O)N1C(C)(C)C[CH]CC1(C)C. The summed E-state index contributed by atoms with van der Waals surface area (Å²) < 4.78 is 0. The standard InChI is InChI=1S/C12H20NO/c1-6-10(14)13-11(2,3)8-7-9-12(13,4)5/h6-7H,1,8-9H2,2-5H3. The van der Waals surface area contributed by atoms with Crippen molar-refractivity contribution in [1.29, 1.82) is 0 Å². The van der Waals surface area contributed by atoms with E-state index in [1.54, 1.807) is 0 Å². The molecule has 1 saturated heterocycles. The summed E-state index contributed by atoms with van der Waals surface area (Å²) in [6, 6.07) is 0. The Balaban J connectivity index is 3.03. The normalized spacial score (nSPS) is 24.4. The van der Waals surface area contributed by atoms with Crippen LogP contribution in [0, 0.1) is 6.42 Å². The van der Waals surface area contributed by atoms with Crippen LogP contribution >= 0.6 is 0 Å². The average Bonchev–Trinajstić information content (AvgIpc) is 2.00. The van der Waals surface area contributed by atoms with Crippen molar-refractivity contribution in [1.82, 2.24) is 4.90 Å². The van der Waals surface area contributed by atoms with Crippen LogP contribution in [-0.2, 0) is 4.79 Å². The van der Waals surface area contributed by atoms with E-state index in [9.17, 15) is 4.79 Å². The molecule has 1 rings (SSSR count). The molecule has 0 aromatic rings. The highest BCUT2D eigenvalue weighted by molar-refractivity contribution is 5.88. The van der Waals surface area contributed by atoms with Crippen LogP contribution < -0.4 is 0 Å². The lowest BCUT2D eigenvalue weighted by atomic mass is 9.80. The van der Waals surface area contributed by atoms with E-state index >= 15 is 0 Å². The van der Waals surface area contributed by atoms with Gasteiger partial charge in [0.1, 0.15) is 0 Å². The maximum absolute atomic E-state index is 11.8. The largest absolute Gasteiger partial charge is 0.329 e. The number of hydrogen-bond acceptors (Lipinski definition) is 1. The Kier molecular flexibility index (Phi) is 2.75. The van der Waals surface area contributed by atoms with Crippen molar-refractivity contribution in [3.8, 4) is 0 Å². The van der Waals surface area contributed by atoms with E-state index < -0.39 is 0 Å². The molecule has 1 heterocycles. The molecule has 0 unspecified atom stereocenters. The summed E-state index contributed by atoms with van der Waals surface area (Å²) in [6.45, 7) is 12.0. The number of carbonyl (C=O) groups excluding carboxylic acids is 1. The van der Waals surface area contributed by atoms with Crippen LogP contribution in [0.2, 0.25) is 0 Å². The first-order valence-corrected chi connectivity index (χ1v) is 5.10. The van der Waals surface area contributed by atoms with E-state index in [-0.39, 0.29) is 17.0 Å². The van der Waals surface area contributed by atoms with Crippen LogP contribution in [0.5, 0.6) is 0 Å². The van der Waals surface area contributed by atoms with Gasteiger partial charge in [-0.1, -0.05) is 6.58 Å². The summed E-state index contributed by atoms with van der Waals surface area (Å²) in [7, 11) is 0. The van der Waals surface area contributed by atoms with Gasteiger partial charge in [-0.15, -0.1) is 0 Å². The fourth-order valence-corrected chi connectivity index (χ4v) is 2.47. The van der Waals surface area contributed by atoms with E-state index in [4.69, 9.17) is 0 Å². The molecular weight excluding hydrogens is 174 g/mol. The van der Waals surface area contributed by atoms with Gasteiger partial charge >= 0.3 is 0 Å². The van der Waals surface area contributed by atoms with Crippen LogP contribution in [0.15, 0.2) is 12.7 Å². The van der Waals surface area contributed by atoms with Gasteiger partial charge in [0, 0.05) is 11.1 Å². The van der Waals surface area contributed by atoms with Crippen molar-refractivity contribution in [3.05, 3.63) is 19.1 Å². The fourth-order valence-electron chi connectivity index (χ4n) is 2.47. The number of nitrogens with zero attached hydrogens (tertiary/aromatic N) is 1. The molecule has 0 atom stereocenters. The van der Waals surface area contributed by atoms with Gasteiger partial charge in [0.25, 0.3) is 0 Å². The van der Waals surface area contributed by atoms with Crippen molar-refractivity contribution in [2.75, 3.05) is 0 Å². The topological polar surface area (TPSA) is 20.3 Å². The Bertz CT molecular complexity index is 237. The van der Waals surface area contributed by atoms with E-state index in [2.05, 4.69) is 40.7 Å². The zero-order valence-corrected chi connectivity index (χ0v) is 9.63. The van der Waals surface area contributed by atoms with Gasteiger partial charge in [-0.2, -0.15) is 0 Å². The fraction of sp³-hybridized carbons (Fsp3) is 0.667. The first-order chi connectivity index (χ1) is 6.31. The van der Waals surface area contributed by atoms with E-state index in [0.717, 1.165) is 12.8 Å². The third-order valence-corrected chi connectivity index (χ3v) is 2.89. The second-order valence-electron chi connectivity index (χ2n) is 5.20. The number of rotatable bonds is 1. The molecule has 14 heavy (non-hydrogen) atoms. The Morgan fingerprint density at radius 2 is 1.71 bits per heavy atom. The van der Waals surface area contributed by atoms with Crippen molar-refractivity contribution in [3.63, 3.8) is 0 Å². The summed E-state index contributed by atoms with van der Waals surface area (Å²) in [5, 5.41) is 0. The monoisotopic (exact) mass is 194 g/mol. The van der Waals surface area contributed by atoms with Gasteiger partial charge in [-0.25, -0.2) is 0 Å². The Morgan fingerprint density at radius 1 is 1.29 bits per heavy atom. The molecule has 1 fully saturated rings. The lowest BCUT2D eigenvalue weighted by Crippen LogP contribution is -2.60. The quantitative estimate of drug-likeness (QED) is 0.587. The minimum Gasteiger partial charge on any atom is -0.329 e. The summed E-state index contributed by atoms with van der Waals surface area (Å²) in [5.41, 5.74) is -0.181. The molecule has 0 aromatic heterocycles. The van der Waals surface area contributed by atoms with Crippen LogP contribution in [-0.4, -0.2) is 21.9 Å². The van der Waals surface area contributed by atoms with Crippen LogP contribution in [0.4, 0.5) is 0 Å². The van der Waals surface area contributed by atoms with Crippen molar-refractivity contribution >= 4 is 5.91 Å². The Morgan fingerprint density at radius 3 is 2.07 bits per heavy atom. The van der Waals surface area contributed by atoms with Crippen molar-refractivity contribution < 1.29 is 4.79 Å². The molecule has 2 nitrogen and oxygen atoms in total. The molecule has 0 aromatic carbocycles. The van der Waals surface area contributed by atoms with Gasteiger partial charge in [0.2, 0.25) is 5.91 Å². The van der Waals surface area contributed by atoms with E-state index in [0.29, 0.717) is 0 Å². The van der Waals surface area contributed by atoms with Gasteiger partial charge in [0.15, 0.2) is 0 Å². The van der Waals surface area contributed by atoms with Crippen LogP contribution in [0.1, 0.15) is 40.5 Å². The number of amides is 1. The molecule has 1 aliphatic rings. The number of piperidine rings is 1. The summed E-state index contributed by atoms with van der Waals surface area (Å²) in [5.74, 6) is 0.0353.